The molecule has 0 aliphatic heterocycles. The predicted octanol–water partition coefficient (Wildman–Crippen LogP) is 2.81. The molecule has 6 heteroatoms. The van der Waals surface area contributed by atoms with Gasteiger partial charge in [-0.25, -0.2) is 0 Å². The first-order valence-electron chi connectivity index (χ1n) is 9.01. The van der Waals surface area contributed by atoms with Crippen LogP contribution >= 0.6 is 0 Å². The fraction of sp³-hybridized carbons (Fsp3) is 0.190. The van der Waals surface area contributed by atoms with Gasteiger partial charge in [-0.2, -0.15) is 14.6 Å². The molecule has 5 rings (SSSR count). The number of hydrogen-bond donors (Lipinski definition) is 1. The number of hydrogen-bond acceptors (Lipinski definition) is 4. The molecule has 1 aliphatic rings. The normalized spacial score (nSPS) is 13.8. The van der Waals surface area contributed by atoms with E-state index in [0.29, 0.717) is 18.0 Å². The monoisotopic (exact) mass is 358 g/mol. The van der Waals surface area contributed by atoms with Gasteiger partial charge in [-0.05, 0) is 29.5 Å². The van der Waals surface area contributed by atoms with Gasteiger partial charge in [-0.1, -0.05) is 54.6 Å². The topological polar surface area (TPSA) is 72.4 Å². The minimum absolute atomic E-state index is 0.0739. The molecule has 0 spiro atoms. The molecule has 0 fully saturated rings. The van der Waals surface area contributed by atoms with Crippen molar-refractivity contribution in [3.05, 3.63) is 89.1 Å². The van der Waals surface area contributed by atoms with Crippen molar-refractivity contribution in [3.63, 3.8) is 0 Å². The van der Waals surface area contributed by atoms with E-state index in [1.165, 1.54) is 17.5 Å². The van der Waals surface area contributed by atoms with Crippen LogP contribution in [-0.2, 0) is 19.3 Å². The average molecular weight is 358 g/mol. The van der Waals surface area contributed by atoms with Crippen molar-refractivity contribution in [2.24, 2.45) is 0 Å². The molecular weight excluding hydrogens is 340 g/mol. The molecule has 0 unspecified atom stereocenters. The Morgan fingerprint density at radius 3 is 2.52 bits per heavy atom. The summed E-state index contributed by atoms with van der Waals surface area (Å²) in [4.78, 5) is 17.1. The molecule has 4 aromatic rings. The summed E-state index contributed by atoms with van der Waals surface area (Å²) < 4.78 is 7.34. The SMILES string of the molecule is O=C(NC1Cc2ccccc2C1)c1oc2ncnn2c1Cc1ccccc1. The van der Waals surface area contributed by atoms with Crippen molar-refractivity contribution in [1.29, 1.82) is 0 Å². The Morgan fingerprint density at radius 2 is 1.78 bits per heavy atom. The lowest BCUT2D eigenvalue weighted by atomic mass is 10.1. The first-order chi connectivity index (χ1) is 13.3. The number of carbonyl (C=O) groups excluding carboxylic acids is 1. The Hall–Kier alpha value is -3.41. The van der Waals surface area contributed by atoms with Crippen LogP contribution in [0.4, 0.5) is 0 Å². The van der Waals surface area contributed by atoms with Gasteiger partial charge in [0.1, 0.15) is 12.0 Å². The van der Waals surface area contributed by atoms with E-state index in [-0.39, 0.29) is 17.7 Å². The highest BCUT2D eigenvalue weighted by Crippen LogP contribution is 2.23. The Morgan fingerprint density at radius 1 is 1.07 bits per heavy atom. The Kier molecular flexibility index (Phi) is 3.74. The highest BCUT2D eigenvalue weighted by Gasteiger charge is 2.27. The second-order valence-electron chi connectivity index (χ2n) is 6.84. The quantitative estimate of drug-likeness (QED) is 0.609. The molecule has 1 N–H and O–H groups in total. The lowest BCUT2D eigenvalue weighted by molar-refractivity contribution is 0.0911. The highest BCUT2D eigenvalue weighted by atomic mass is 16.4. The van der Waals surface area contributed by atoms with E-state index in [1.807, 2.05) is 42.5 Å². The number of nitrogens with one attached hydrogen (secondary N) is 1. The zero-order chi connectivity index (χ0) is 18.2. The number of aromatic nitrogens is 3. The Balaban J connectivity index is 1.42. The number of fused-ring (bicyclic) bond motifs is 2. The third-order valence-electron chi connectivity index (χ3n) is 5.03. The second kappa shape index (κ2) is 6.39. The first kappa shape index (κ1) is 15.8. The zero-order valence-electron chi connectivity index (χ0n) is 14.6. The number of oxazole rings is 1. The van der Waals surface area contributed by atoms with E-state index in [0.717, 1.165) is 18.4 Å². The Bertz CT molecular complexity index is 1090. The third-order valence-corrected chi connectivity index (χ3v) is 5.03. The van der Waals surface area contributed by atoms with Crippen molar-refractivity contribution < 1.29 is 9.21 Å². The van der Waals surface area contributed by atoms with Crippen molar-refractivity contribution in [2.45, 2.75) is 25.3 Å². The number of amides is 1. The third kappa shape index (κ3) is 2.89. The van der Waals surface area contributed by atoms with Crippen LogP contribution in [0.5, 0.6) is 0 Å². The van der Waals surface area contributed by atoms with Gasteiger partial charge >= 0.3 is 5.84 Å². The van der Waals surface area contributed by atoms with Crippen molar-refractivity contribution >= 4 is 11.8 Å². The second-order valence-corrected chi connectivity index (χ2v) is 6.84. The first-order valence-corrected chi connectivity index (χ1v) is 9.01. The fourth-order valence-electron chi connectivity index (χ4n) is 3.77. The molecule has 6 nitrogen and oxygen atoms in total. The van der Waals surface area contributed by atoms with Crippen LogP contribution in [0.2, 0.25) is 0 Å². The zero-order valence-corrected chi connectivity index (χ0v) is 14.6. The summed E-state index contributed by atoms with van der Waals surface area (Å²) in [6.45, 7) is 0. The summed E-state index contributed by atoms with van der Waals surface area (Å²) in [6, 6.07) is 18.3. The van der Waals surface area contributed by atoms with Crippen LogP contribution in [0.1, 0.15) is 32.9 Å². The van der Waals surface area contributed by atoms with Crippen LogP contribution in [0.25, 0.3) is 5.84 Å². The lowest BCUT2D eigenvalue weighted by Crippen LogP contribution is -2.35. The highest BCUT2D eigenvalue weighted by molar-refractivity contribution is 5.93. The minimum atomic E-state index is -0.217. The molecule has 0 radical (unpaired) electrons. The average Bonchev–Trinajstić information content (AvgIpc) is 3.37. The predicted molar refractivity (Wildman–Crippen MR) is 99.6 cm³/mol. The molecule has 1 aliphatic carbocycles. The van der Waals surface area contributed by atoms with Gasteiger partial charge in [0.2, 0.25) is 5.76 Å². The summed E-state index contributed by atoms with van der Waals surface area (Å²) in [5.74, 6) is 0.400. The van der Waals surface area contributed by atoms with Crippen molar-refractivity contribution in [1.82, 2.24) is 19.9 Å². The summed E-state index contributed by atoms with van der Waals surface area (Å²) in [6.07, 6.45) is 3.66. The summed E-state index contributed by atoms with van der Waals surface area (Å²) >= 11 is 0. The van der Waals surface area contributed by atoms with Gasteiger partial charge in [-0.15, -0.1) is 0 Å². The molecule has 134 valence electrons. The van der Waals surface area contributed by atoms with Crippen LogP contribution in [0, 0.1) is 0 Å². The molecule has 2 aromatic heterocycles. The van der Waals surface area contributed by atoms with Gasteiger partial charge in [0.05, 0.1) is 0 Å². The molecule has 27 heavy (non-hydrogen) atoms. The van der Waals surface area contributed by atoms with E-state index in [2.05, 4.69) is 27.5 Å². The van der Waals surface area contributed by atoms with Gasteiger partial charge in [0, 0.05) is 12.5 Å². The van der Waals surface area contributed by atoms with Crippen LogP contribution in [0.15, 0.2) is 65.3 Å². The van der Waals surface area contributed by atoms with Gasteiger partial charge in [-0.3, -0.25) is 4.79 Å². The van der Waals surface area contributed by atoms with Crippen LogP contribution in [0.3, 0.4) is 0 Å². The summed E-state index contributed by atoms with van der Waals surface area (Å²) in [7, 11) is 0. The Labute approximate surface area is 155 Å². The molecule has 0 saturated carbocycles. The minimum Gasteiger partial charge on any atom is -0.416 e. The van der Waals surface area contributed by atoms with Crippen LogP contribution in [-0.4, -0.2) is 26.5 Å². The summed E-state index contributed by atoms with van der Waals surface area (Å²) in [5, 5.41) is 7.33. The van der Waals surface area contributed by atoms with Gasteiger partial charge in [0.25, 0.3) is 5.91 Å². The molecular formula is C21H18N4O2. The van der Waals surface area contributed by atoms with E-state index in [4.69, 9.17) is 4.42 Å². The smallest absolute Gasteiger partial charge is 0.325 e. The van der Waals surface area contributed by atoms with Crippen molar-refractivity contribution in [3.8, 4) is 0 Å². The fourth-order valence-corrected chi connectivity index (χ4v) is 3.77. The number of rotatable bonds is 4. The number of carbonyl (C=O) groups is 1. The molecule has 0 atom stereocenters. The van der Waals surface area contributed by atoms with E-state index >= 15 is 0 Å². The van der Waals surface area contributed by atoms with Crippen LogP contribution < -0.4 is 5.32 Å². The maximum atomic E-state index is 13.0. The number of benzene rings is 2. The lowest BCUT2D eigenvalue weighted by Gasteiger charge is -2.11. The number of nitrogens with zero attached hydrogens (tertiary/aromatic N) is 3. The molecule has 2 aromatic carbocycles. The largest absolute Gasteiger partial charge is 0.416 e. The molecule has 0 bridgehead atoms. The maximum Gasteiger partial charge on any atom is 0.325 e. The molecule has 0 saturated heterocycles. The summed E-state index contributed by atoms with van der Waals surface area (Å²) in [5.41, 5.74) is 4.38. The van der Waals surface area contributed by atoms with Crippen molar-refractivity contribution in [2.75, 3.05) is 0 Å². The molecule has 2 heterocycles. The maximum absolute atomic E-state index is 13.0. The molecule has 1 amide bonds. The van der Waals surface area contributed by atoms with Gasteiger partial charge in [0.15, 0.2) is 0 Å². The van der Waals surface area contributed by atoms with E-state index < -0.39 is 0 Å². The standard InChI is InChI=1S/C21H18N4O2/c26-20(24-17-11-15-8-4-5-9-16(15)12-17)19-18(10-14-6-2-1-3-7-14)25-21(27-19)22-13-23-25/h1-9,13,17H,10-12H2,(H,24,26). The van der Waals surface area contributed by atoms with E-state index in [9.17, 15) is 4.79 Å². The van der Waals surface area contributed by atoms with E-state index in [1.54, 1.807) is 4.52 Å². The van der Waals surface area contributed by atoms with Gasteiger partial charge < -0.3 is 9.73 Å².